The molecule has 0 spiro atoms. The predicted molar refractivity (Wildman–Crippen MR) is 97.2 cm³/mol. The van der Waals surface area contributed by atoms with E-state index in [9.17, 15) is 9.59 Å². The van der Waals surface area contributed by atoms with Crippen LogP contribution in [-0.2, 0) is 0 Å². The molecule has 1 aliphatic rings. The number of aryl methyl sites for hydroxylation is 1. The van der Waals surface area contributed by atoms with Crippen LogP contribution >= 0.6 is 0 Å². The van der Waals surface area contributed by atoms with Gasteiger partial charge in [-0.1, -0.05) is 11.6 Å². The Kier molecular flexibility index (Phi) is 5.22. The summed E-state index contributed by atoms with van der Waals surface area (Å²) in [5.74, 6) is 0.0848. The molecule has 1 aliphatic heterocycles. The summed E-state index contributed by atoms with van der Waals surface area (Å²) in [6.07, 6.45) is 4.00. The van der Waals surface area contributed by atoms with Crippen molar-refractivity contribution >= 4 is 17.4 Å². The molecule has 2 aromatic rings. The highest BCUT2D eigenvalue weighted by Gasteiger charge is 2.22. The topological polar surface area (TPSA) is 62.6 Å². The molecular formula is C20H24N2O3. The Balaban J connectivity index is 1.70. The third-order valence-corrected chi connectivity index (χ3v) is 4.51. The third-order valence-electron chi connectivity index (χ3n) is 4.51. The van der Waals surface area contributed by atoms with Crippen molar-refractivity contribution in [3.05, 3.63) is 53.5 Å². The van der Waals surface area contributed by atoms with Crippen LogP contribution in [0, 0.1) is 6.92 Å². The van der Waals surface area contributed by atoms with Crippen molar-refractivity contribution in [2.75, 3.05) is 18.0 Å². The molecule has 0 aliphatic carbocycles. The van der Waals surface area contributed by atoms with Crippen molar-refractivity contribution in [1.29, 1.82) is 0 Å². The maximum Gasteiger partial charge on any atom is 0.253 e. The van der Waals surface area contributed by atoms with Gasteiger partial charge < -0.3 is 14.6 Å². The van der Waals surface area contributed by atoms with Crippen molar-refractivity contribution < 1.29 is 14.0 Å². The number of nitrogens with zero attached hydrogens (tertiary/aromatic N) is 1. The van der Waals surface area contributed by atoms with E-state index in [1.54, 1.807) is 12.1 Å². The maximum atomic E-state index is 12.8. The number of benzene rings is 1. The van der Waals surface area contributed by atoms with Crippen LogP contribution in [-0.4, -0.2) is 30.8 Å². The molecule has 1 aromatic carbocycles. The lowest BCUT2D eigenvalue weighted by atomic mass is 10.1. The first kappa shape index (κ1) is 17.3. The minimum atomic E-state index is -0.267. The van der Waals surface area contributed by atoms with Gasteiger partial charge in [0.05, 0.1) is 11.8 Å². The van der Waals surface area contributed by atoms with E-state index >= 15 is 0 Å². The van der Waals surface area contributed by atoms with Gasteiger partial charge in [-0.25, -0.2) is 0 Å². The van der Waals surface area contributed by atoms with Gasteiger partial charge in [0.15, 0.2) is 11.5 Å². The molecule has 1 atom stereocenters. The summed E-state index contributed by atoms with van der Waals surface area (Å²) in [5.41, 5.74) is 2.71. The fraction of sp³-hybridized carbons (Fsp3) is 0.400. The first-order valence-corrected chi connectivity index (χ1v) is 8.78. The van der Waals surface area contributed by atoms with E-state index in [0.717, 1.165) is 37.2 Å². The Labute approximate surface area is 148 Å². The number of anilines is 1. The molecule has 0 unspecified atom stereocenters. The fourth-order valence-electron chi connectivity index (χ4n) is 3.23. The standard InChI is InChI=1S/C20H24N2O3/c1-14-7-8-17(22-9-3-4-10-22)16(12-14)20(24)21-15(2)13-18(23)19-6-5-11-25-19/h5-8,11-12,15H,3-4,9-10,13H2,1-2H3,(H,21,24)/t15-/m0/s1. The highest BCUT2D eigenvalue weighted by molar-refractivity contribution is 6.01. The van der Waals surface area contributed by atoms with E-state index < -0.39 is 0 Å². The number of Topliss-reactive ketones (excluding diaryl/α,β-unsaturated/α-hetero) is 1. The van der Waals surface area contributed by atoms with Gasteiger partial charge in [0.1, 0.15) is 0 Å². The van der Waals surface area contributed by atoms with Crippen LogP contribution in [0.3, 0.4) is 0 Å². The molecule has 1 saturated heterocycles. The predicted octanol–water partition coefficient (Wildman–Crippen LogP) is 3.58. The zero-order chi connectivity index (χ0) is 17.8. The van der Waals surface area contributed by atoms with Crippen molar-refractivity contribution in [2.45, 2.75) is 39.2 Å². The van der Waals surface area contributed by atoms with E-state index in [2.05, 4.69) is 10.2 Å². The lowest BCUT2D eigenvalue weighted by molar-refractivity contribution is 0.0907. The van der Waals surface area contributed by atoms with Crippen LogP contribution < -0.4 is 10.2 Å². The van der Waals surface area contributed by atoms with Gasteiger partial charge in [0.25, 0.3) is 5.91 Å². The Morgan fingerprint density at radius 2 is 2.00 bits per heavy atom. The van der Waals surface area contributed by atoms with Crippen molar-refractivity contribution in [1.82, 2.24) is 5.32 Å². The highest BCUT2D eigenvalue weighted by Crippen LogP contribution is 2.26. The molecule has 0 saturated carbocycles. The maximum absolute atomic E-state index is 12.8. The number of hydrogen-bond donors (Lipinski definition) is 1. The lowest BCUT2D eigenvalue weighted by Gasteiger charge is -2.22. The largest absolute Gasteiger partial charge is 0.461 e. The Morgan fingerprint density at radius 3 is 2.68 bits per heavy atom. The minimum Gasteiger partial charge on any atom is -0.461 e. The zero-order valence-electron chi connectivity index (χ0n) is 14.7. The second-order valence-corrected chi connectivity index (χ2v) is 6.69. The van der Waals surface area contributed by atoms with Gasteiger partial charge in [0.2, 0.25) is 0 Å². The average molecular weight is 340 g/mol. The number of carbonyl (C=O) groups is 2. The van der Waals surface area contributed by atoms with Gasteiger partial charge in [0, 0.05) is 31.2 Å². The Bertz CT molecular complexity index is 746. The summed E-state index contributed by atoms with van der Waals surface area (Å²) in [4.78, 5) is 27.1. The molecule has 1 amide bonds. The summed E-state index contributed by atoms with van der Waals surface area (Å²) < 4.78 is 5.12. The van der Waals surface area contributed by atoms with Crippen molar-refractivity contribution in [3.8, 4) is 0 Å². The molecule has 0 bridgehead atoms. The van der Waals surface area contributed by atoms with Crippen LogP contribution in [0.15, 0.2) is 41.0 Å². The van der Waals surface area contributed by atoms with E-state index in [-0.39, 0.29) is 24.2 Å². The van der Waals surface area contributed by atoms with E-state index in [1.807, 2.05) is 32.0 Å². The van der Waals surface area contributed by atoms with Gasteiger partial charge in [-0.05, 0) is 51.0 Å². The molecule has 2 heterocycles. The second-order valence-electron chi connectivity index (χ2n) is 6.69. The number of ketones is 1. The summed E-state index contributed by atoms with van der Waals surface area (Å²) in [5, 5.41) is 2.95. The van der Waals surface area contributed by atoms with Crippen LogP contribution in [0.1, 0.15) is 52.7 Å². The minimum absolute atomic E-state index is 0.109. The number of carbonyl (C=O) groups excluding carboxylic acids is 2. The molecule has 132 valence electrons. The third kappa shape index (κ3) is 4.10. The van der Waals surface area contributed by atoms with Gasteiger partial charge in [-0.2, -0.15) is 0 Å². The van der Waals surface area contributed by atoms with Crippen LogP contribution in [0.25, 0.3) is 0 Å². The normalized spacial score (nSPS) is 15.2. The average Bonchev–Trinajstić information content (AvgIpc) is 3.28. The van der Waals surface area contributed by atoms with Crippen molar-refractivity contribution in [2.24, 2.45) is 0 Å². The summed E-state index contributed by atoms with van der Waals surface area (Å²) in [6.45, 7) is 5.78. The van der Waals surface area contributed by atoms with Gasteiger partial charge in [-0.3, -0.25) is 9.59 Å². The van der Waals surface area contributed by atoms with Crippen LogP contribution in [0.5, 0.6) is 0 Å². The number of nitrogens with one attached hydrogen (secondary N) is 1. The highest BCUT2D eigenvalue weighted by atomic mass is 16.3. The number of furan rings is 1. The summed E-state index contributed by atoms with van der Waals surface area (Å²) in [7, 11) is 0. The first-order valence-electron chi connectivity index (χ1n) is 8.78. The molecule has 0 radical (unpaired) electrons. The monoisotopic (exact) mass is 340 g/mol. The Hall–Kier alpha value is -2.56. The first-order chi connectivity index (χ1) is 12.0. The molecule has 1 N–H and O–H groups in total. The molecule has 3 rings (SSSR count). The molecule has 25 heavy (non-hydrogen) atoms. The molecule has 1 fully saturated rings. The molecule has 1 aromatic heterocycles. The Morgan fingerprint density at radius 1 is 1.24 bits per heavy atom. The number of hydrogen-bond acceptors (Lipinski definition) is 4. The quantitative estimate of drug-likeness (QED) is 0.817. The summed E-state index contributed by atoms with van der Waals surface area (Å²) in [6, 6.07) is 9.04. The molecule has 5 nitrogen and oxygen atoms in total. The smallest absolute Gasteiger partial charge is 0.253 e. The SMILES string of the molecule is Cc1ccc(N2CCCC2)c(C(=O)N[C@@H](C)CC(=O)c2ccco2)c1. The van der Waals surface area contributed by atoms with Crippen LogP contribution in [0.2, 0.25) is 0 Å². The van der Waals surface area contributed by atoms with E-state index in [4.69, 9.17) is 4.42 Å². The van der Waals surface area contributed by atoms with Crippen molar-refractivity contribution in [3.63, 3.8) is 0 Å². The number of rotatable bonds is 6. The fourth-order valence-corrected chi connectivity index (χ4v) is 3.23. The molecule has 5 heteroatoms. The van der Waals surface area contributed by atoms with Gasteiger partial charge >= 0.3 is 0 Å². The zero-order valence-corrected chi connectivity index (χ0v) is 14.7. The lowest BCUT2D eigenvalue weighted by Crippen LogP contribution is -2.35. The number of amides is 1. The van der Waals surface area contributed by atoms with Crippen LogP contribution in [0.4, 0.5) is 5.69 Å². The van der Waals surface area contributed by atoms with E-state index in [1.165, 1.54) is 6.26 Å². The molecular weight excluding hydrogens is 316 g/mol. The summed E-state index contributed by atoms with van der Waals surface area (Å²) >= 11 is 0. The second kappa shape index (κ2) is 7.55. The van der Waals surface area contributed by atoms with E-state index in [0.29, 0.717) is 11.3 Å². The van der Waals surface area contributed by atoms with Gasteiger partial charge in [-0.15, -0.1) is 0 Å².